The van der Waals surface area contributed by atoms with Crippen molar-refractivity contribution in [2.45, 2.75) is 134 Å². The number of piperidine rings is 1. The third-order valence-corrected chi connectivity index (χ3v) is 15.2. The van der Waals surface area contributed by atoms with Crippen LogP contribution in [0.15, 0.2) is 24.0 Å². The number of esters is 2. The third-order valence-electron chi connectivity index (χ3n) is 10.9. The normalized spacial score (nSPS) is 29.9. The van der Waals surface area contributed by atoms with Gasteiger partial charge in [-0.3, -0.25) is 4.79 Å². The Balaban J connectivity index is 1.38. The van der Waals surface area contributed by atoms with Gasteiger partial charge < -0.3 is 34.0 Å². The second-order valence-electron chi connectivity index (χ2n) is 15.4. The molecule has 45 heavy (non-hydrogen) atoms. The number of amides is 1. The van der Waals surface area contributed by atoms with Crippen LogP contribution in [0.4, 0.5) is 0 Å². The molecular weight excluding hydrogens is 592 g/mol. The molecule has 0 unspecified atom stereocenters. The number of nitrogens with one attached hydrogen (secondary N) is 1. The molecule has 1 aromatic carbocycles. The zero-order valence-electron chi connectivity index (χ0n) is 28.5. The number of carbonyl (C=O) groups excluding carboxylic acids is 3. The summed E-state index contributed by atoms with van der Waals surface area (Å²) in [6.07, 6.45) is 2.66. The minimum absolute atomic E-state index is 0.0259. The number of carbonyl (C=O) groups is 3. The van der Waals surface area contributed by atoms with Gasteiger partial charge in [-0.15, -0.1) is 0 Å². The largest absolute Gasteiger partial charge is 0.543 e. The van der Waals surface area contributed by atoms with E-state index in [1.807, 2.05) is 6.08 Å². The molecule has 1 aromatic rings. The topological polar surface area (TPSA) is 124 Å². The summed E-state index contributed by atoms with van der Waals surface area (Å²) in [5, 5.41) is 15.2. The lowest BCUT2D eigenvalue weighted by Crippen LogP contribution is -2.71. The van der Waals surface area contributed by atoms with Gasteiger partial charge in [-0.25, -0.2) is 9.59 Å². The van der Waals surface area contributed by atoms with Crippen molar-refractivity contribution in [1.82, 2.24) is 10.2 Å². The van der Waals surface area contributed by atoms with Crippen LogP contribution in [0.25, 0.3) is 0 Å². The Hall–Kier alpha value is -2.73. The highest BCUT2D eigenvalue weighted by Crippen LogP contribution is 2.59. The molecule has 2 aliphatic heterocycles. The van der Waals surface area contributed by atoms with E-state index in [2.05, 4.69) is 70.2 Å². The highest BCUT2D eigenvalue weighted by Gasteiger charge is 2.64. The van der Waals surface area contributed by atoms with Gasteiger partial charge in [0.1, 0.15) is 17.6 Å². The summed E-state index contributed by atoms with van der Waals surface area (Å²) in [7, 11) is -0.0640. The van der Waals surface area contributed by atoms with Gasteiger partial charge in [0.25, 0.3) is 0 Å². The maximum absolute atomic E-state index is 13.2. The molecule has 5 atom stereocenters. The number of nitrogens with zero attached hydrogens (tertiary/aromatic N) is 1. The highest BCUT2D eigenvalue weighted by atomic mass is 28.4. The van der Waals surface area contributed by atoms with Gasteiger partial charge in [0.2, 0.25) is 20.0 Å². The fraction of sp³-hybridized carbons (Fsp3) is 0.676. The van der Waals surface area contributed by atoms with Crippen LogP contribution in [0.2, 0.25) is 18.1 Å². The fourth-order valence-electron chi connectivity index (χ4n) is 7.39. The standard InChI is InChI=1S/C34H50N2O8Si/c1-20-24(44-45(9,10)31(3,4)5)12-11-22-17-26-34(40)14-13-23(19-33(34,28(20)22)15-16-36(26)8)41-29(38)21(2)35-27(37)18-25-30(39)43-32(6,7)42-25/h11-13,21,25-26,40H,14-19H2,1-10H3,(H,35,37)/t21-,25-,26+,33+,34+/m0/s1. The quantitative estimate of drug-likeness (QED) is 0.329. The van der Waals surface area contributed by atoms with Gasteiger partial charge in [-0.1, -0.05) is 26.8 Å². The molecule has 4 aliphatic rings. The third kappa shape index (κ3) is 5.85. The van der Waals surface area contributed by atoms with Crippen LogP contribution in [0.1, 0.15) is 83.9 Å². The molecule has 1 amide bonds. The zero-order chi connectivity index (χ0) is 33.3. The molecule has 248 valence electrons. The monoisotopic (exact) mass is 642 g/mol. The summed E-state index contributed by atoms with van der Waals surface area (Å²) < 4.78 is 23.4. The number of fused-ring (bicyclic) bond motifs is 1. The summed E-state index contributed by atoms with van der Waals surface area (Å²) in [5.74, 6) is -1.49. The molecule has 2 fully saturated rings. The van der Waals surface area contributed by atoms with Crippen molar-refractivity contribution in [3.63, 3.8) is 0 Å². The first-order chi connectivity index (χ1) is 20.7. The first-order valence-corrected chi connectivity index (χ1v) is 19.0. The lowest BCUT2D eigenvalue weighted by atomic mass is 9.50. The Morgan fingerprint density at radius 2 is 1.93 bits per heavy atom. The van der Waals surface area contributed by atoms with Gasteiger partial charge in [0.05, 0.1) is 12.0 Å². The number of likely N-dealkylation sites (N-methyl/N-ethyl adjacent to an activating group) is 1. The summed E-state index contributed by atoms with van der Waals surface area (Å²) in [4.78, 5) is 40.2. The number of rotatable bonds is 7. The predicted molar refractivity (Wildman–Crippen MR) is 171 cm³/mol. The Morgan fingerprint density at radius 3 is 2.56 bits per heavy atom. The smallest absolute Gasteiger partial charge is 0.338 e. The molecule has 5 rings (SSSR count). The number of likely N-dealkylation sites (tertiary alicyclic amines) is 1. The number of aliphatic hydroxyl groups is 1. The number of allylic oxidation sites excluding steroid dienone is 1. The summed E-state index contributed by atoms with van der Waals surface area (Å²) in [5.41, 5.74) is 1.63. The summed E-state index contributed by atoms with van der Waals surface area (Å²) >= 11 is 0. The van der Waals surface area contributed by atoms with Gasteiger partial charge in [-0.2, -0.15) is 0 Å². The van der Waals surface area contributed by atoms with Crippen molar-refractivity contribution in [2.75, 3.05) is 13.6 Å². The lowest BCUT2D eigenvalue weighted by Gasteiger charge is -2.63. The van der Waals surface area contributed by atoms with E-state index >= 15 is 0 Å². The first-order valence-electron chi connectivity index (χ1n) is 16.0. The Kier molecular flexibility index (Phi) is 8.37. The molecule has 2 aliphatic carbocycles. The molecule has 0 radical (unpaired) electrons. The average Bonchev–Trinajstić information content (AvgIpc) is 3.17. The minimum Gasteiger partial charge on any atom is -0.543 e. The Labute approximate surface area is 267 Å². The van der Waals surface area contributed by atoms with Crippen molar-refractivity contribution in [3.8, 4) is 5.75 Å². The molecule has 0 saturated carbocycles. The van der Waals surface area contributed by atoms with Crippen molar-refractivity contribution >= 4 is 26.2 Å². The van der Waals surface area contributed by atoms with E-state index in [9.17, 15) is 19.5 Å². The van der Waals surface area contributed by atoms with Gasteiger partial charge in [0.15, 0.2) is 6.10 Å². The van der Waals surface area contributed by atoms with Gasteiger partial charge in [0, 0.05) is 38.1 Å². The highest BCUT2D eigenvalue weighted by molar-refractivity contribution is 6.74. The van der Waals surface area contributed by atoms with Crippen LogP contribution >= 0.6 is 0 Å². The second-order valence-corrected chi connectivity index (χ2v) is 20.2. The maximum Gasteiger partial charge on any atom is 0.338 e. The molecule has 2 bridgehead atoms. The van der Waals surface area contributed by atoms with Crippen LogP contribution in [0.3, 0.4) is 0 Å². The van der Waals surface area contributed by atoms with Gasteiger partial charge >= 0.3 is 11.9 Å². The lowest BCUT2D eigenvalue weighted by molar-refractivity contribution is -0.161. The van der Waals surface area contributed by atoms with E-state index in [0.29, 0.717) is 25.0 Å². The molecular formula is C34H50N2O8Si. The minimum atomic E-state index is -2.13. The molecule has 2 saturated heterocycles. The van der Waals surface area contributed by atoms with Crippen molar-refractivity contribution in [1.29, 1.82) is 0 Å². The average molecular weight is 643 g/mol. The van der Waals surface area contributed by atoms with Crippen LogP contribution < -0.4 is 9.74 Å². The molecule has 2 heterocycles. The molecule has 11 heteroatoms. The van der Waals surface area contributed by atoms with E-state index in [4.69, 9.17) is 18.6 Å². The van der Waals surface area contributed by atoms with Gasteiger partial charge in [-0.05, 0) is 87.2 Å². The molecule has 2 N–H and O–H groups in total. The van der Waals surface area contributed by atoms with Crippen molar-refractivity contribution < 1.29 is 38.1 Å². The Morgan fingerprint density at radius 1 is 1.24 bits per heavy atom. The number of ether oxygens (including phenoxy) is 3. The number of cyclic esters (lactones) is 1. The Bertz CT molecular complexity index is 1430. The van der Waals surface area contributed by atoms with Crippen LogP contribution in [-0.4, -0.2) is 79.3 Å². The summed E-state index contributed by atoms with van der Waals surface area (Å²) in [6, 6.07) is 3.21. The SMILES string of the molecule is Cc1c(O[Si](C)(C)C(C)(C)C)ccc2c1[C@]13CCN(C)[C@H](C2)[C@]1(O)CC=C(OC(=O)[C@H](C)NC(=O)C[C@@H]1OC(C)(C)OC1=O)C3. The zero-order valence-corrected chi connectivity index (χ0v) is 29.5. The fourth-order valence-corrected chi connectivity index (χ4v) is 8.47. The number of hydrogen-bond acceptors (Lipinski definition) is 9. The van der Waals surface area contributed by atoms with Crippen molar-refractivity contribution in [3.05, 3.63) is 40.7 Å². The molecule has 0 spiro atoms. The number of benzene rings is 1. The number of hydrogen-bond donors (Lipinski definition) is 2. The van der Waals surface area contributed by atoms with E-state index < -0.39 is 55.1 Å². The second kappa shape index (κ2) is 11.2. The van der Waals surface area contributed by atoms with Crippen LogP contribution in [-0.2, 0) is 40.4 Å². The first kappa shape index (κ1) is 33.6. The van der Waals surface area contributed by atoms with Crippen molar-refractivity contribution in [2.24, 2.45) is 0 Å². The van der Waals surface area contributed by atoms with E-state index in [1.54, 1.807) is 20.8 Å². The van der Waals surface area contributed by atoms with Crippen LogP contribution in [0, 0.1) is 6.92 Å². The van der Waals surface area contributed by atoms with E-state index in [1.165, 1.54) is 5.56 Å². The molecule has 10 nitrogen and oxygen atoms in total. The van der Waals surface area contributed by atoms with Crippen LogP contribution in [0.5, 0.6) is 5.75 Å². The molecule has 0 aromatic heterocycles. The predicted octanol–water partition coefficient (Wildman–Crippen LogP) is 4.40. The van der Waals surface area contributed by atoms with E-state index in [-0.39, 0.29) is 17.5 Å². The summed E-state index contributed by atoms with van der Waals surface area (Å²) in [6.45, 7) is 18.8. The van der Waals surface area contributed by atoms with E-state index in [0.717, 1.165) is 29.8 Å². The maximum atomic E-state index is 13.2.